The van der Waals surface area contributed by atoms with Gasteiger partial charge in [0.05, 0.1) is 24.3 Å². The number of aromatic nitrogens is 3. The van der Waals surface area contributed by atoms with E-state index in [9.17, 15) is 14.7 Å². The number of rotatable bonds is 6. The maximum absolute atomic E-state index is 12.8. The van der Waals surface area contributed by atoms with Crippen molar-refractivity contribution in [2.24, 2.45) is 5.92 Å². The maximum atomic E-state index is 12.8. The van der Waals surface area contributed by atoms with Crippen LogP contribution < -0.4 is 10.1 Å². The highest BCUT2D eigenvalue weighted by Crippen LogP contribution is 2.35. The lowest BCUT2D eigenvalue weighted by atomic mass is 9.87. The number of hydrogen-bond acceptors (Lipinski definition) is 6. The van der Waals surface area contributed by atoms with E-state index in [1.807, 2.05) is 23.0 Å². The monoisotopic (exact) mass is 436 g/mol. The Kier molecular flexibility index (Phi) is 5.97. The summed E-state index contributed by atoms with van der Waals surface area (Å²) in [5, 5.41) is 19.2. The second-order valence-electron chi connectivity index (χ2n) is 8.85. The Labute approximate surface area is 186 Å². The number of methoxy groups -OCH3 is 1. The highest BCUT2D eigenvalue weighted by atomic mass is 16.5. The van der Waals surface area contributed by atoms with Gasteiger partial charge in [-0.15, -0.1) is 0 Å². The highest BCUT2D eigenvalue weighted by molar-refractivity contribution is 6.04. The van der Waals surface area contributed by atoms with Gasteiger partial charge < -0.3 is 20.0 Å². The van der Waals surface area contributed by atoms with Crippen LogP contribution >= 0.6 is 0 Å². The Balaban J connectivity index is 1.66. The summed E-state index contributed by atoms with van der Waals surface area (Å²) in [7, 11) is 1.49. The topological polar surface area (TPSA) is 106 Å². The minimum atomic E-state index is -1.19. The molecule has 1 aromatic carbocycles. The van der Waals surface area contributed by atoms with Crippen LogP contribution in [0.4, 0.5) is 5.69 Å². The molecule has 0 aliphatic heterocycles. The third kappa shape index (κ3) is 4.50. The molecule has 1 aliphatic carbocycles. The van der Waals surface area contributed by atoms with Gasteiger partial charge >= 0.3 is 0 Å². The van der Waals surface area contributed by atoms with Crippen molar-refractivity contribution in [3.05, 3.63) is 47.8 Å². The van der Waals surface area contributed by atoms with Crippen molar-refractivity contribution >= 4 is 28.8 Å². The number of pyridine rings is 1. The molecule has 1 aliphatic rings. The van der Waals surface area contributed by atoms with Crippen LogP contribution in [0, 0.1) is 5.92 Å². The first-order valence-corrected chi connectivity index (χ1v) is 10.8. The lowest BCUT2D eigenvalue weighted by Gasteiger charge is -2.25. The second-order valence-corrected chi connectivity index (χ2v) is 8.85. The van der Waals surface area contributed by atoms with Gasteiger partial charge in [-0.05, 0) is 57.7 Å². The highest BCUT2D eigenvalue weighted by Gasteiger charge is 2.26. The van der Waals surface area contributed by atoms with Crippen LogP contribution in [0.5, 0.6) is 5.88 Å². The molecule has 0 spiro atoms. The van der Waals surface area contributed by atoms with Gasteiger partial charge in [-0.25, -0.2) is 4.98 Å². The van der Waals surface area contributed by atoms with Crippen molar-refractivity contribution < 1.29 is 19.4 Å². The number of nitrogens with one attached hydrogen (secondary N) is 1. The van der Waals surface area contributed by atoms with Gasteiger partial charge in [-0.1, -0.05) is 6.07 Å². The molecule has 1 amide bonds. The molecule has 8 heteroatoms. The molecular formula is C24H28N4O4. The molecule has 2 heterocycles. The van der Waals surface area contributed by atoms with Gasteiger partial charge in [0.1, 0.15) is 12.0 Å². The number of carbonyl (C=O) groups is 2. The third-order valence-electron chi connectivity index (χ3n) is 6.04. The summed E-state index contributed by atoms with van der Waals surface area (Å²) in [6.07, 6.45) is 6.57. The summed E-state index contributed by atoms with van der Waals surface area (Å²) in [5.74, 6) is 0.0970. The first-order chi connectivity index (χ1) is 15.3. The smallest absolute Gasteiger partial charge is 0.274 e. The number of anilines is 1. The minimum Gasteiger partial charge on any atom is -0.481 e. The normalized spacial score (nSPS) is 19.0. The summed E-state index contributed by atoms with van der Waals surface area (Å²) in [6.45, 7) is 3.34. The van der Waals surface area contributed by atoms with Crippen molar-refractivity contribution in [2.75, 3.05) is 12.4 Å². The zero-order valence-corrected chi connectivity index (χ0v) is 18.5. The standard InChI is InChI=1S/C24H28N4O4/c1-24(2,31)18-12-20-16(13-28(27-20)17-9-7-15(14-29)8-10-17)11-21(18)26-23(30)19-5-4-6-22(25-19)32-3/h4-6,11-15,17,31H,7-10H2,1-3H3,(H,26,30)/t15-,17-. The fourth-order valence-electron chi connectivity index (χ4n) is 4.23. The fraction of sp³-hybridized carbons (Fsp3) is 0.417. The molecule has 1 fully saturated rings. The Hall–Kier alpha value is -3.26. The number of nitrogens with zero attached hydrogens (tertiary/aromatic N) is 3. The molecule has 8 nitrogen and oxygen atoms in total. The summed E-state index contributed by atoms with van der Waals surface area (Å²) in [6, 6.07) is 8.86. The summed E-state index contributed by atoms with van der Waals surface area (Å²) in [5.41, 5.74) is 0.843. The van der Waals surface area contributed by atoms with E-state index in [0.717, 1.165) is 42.9 Å². The summed E-state index contributed by atoms with van der Waals surface area (Å²) < 4.78 is 7.06. The zero-order chi connectivity index (χ0) is 22.9. The van der Waals surface area contributed by atoms with Crippen molar-refractivity contribution in [3.63, 3.8) is 0 Å². The molecule has 2 N–H and O–H groups in total. The minimum absolute atomic E-state index is 0.144. The van der Waals surface area contributed by atoms with Gasteiger partial charge in [0.25, 0.3) is 5.91 Å². The Morgan fingerprint density at radius 2 is 2.00 bits per heavy atom. The van der Waals surface area contributed by atoms with Crippen LogP contribution in [0.3, 0.4) is 0 Å². The quantitative estimate of drug-likeness (QED) is 0.569. The molecule has 4 rings (SSSR count). The fourth-order valence-corrected chi connectivity index (χ4v) is 4.23. The van der Waals surface area contributed by atoms with E-state index in [-0.39, 0.29) is 17.7 Å². The average molecular weight is 437 g/mol. The predicted molar refractivity (Wildman–Crippen MR) is 121 cm³/mol. The van der Waals surface area contributed by atoms with E-state index < -0.39 is 11.5 Å². The largest absolute Gasteiger partial charge is 0.481 e. The van der Waals surface area contributed by atoms with Crippen LogP contribution in [0.25, 0.3) is 10.9 Å². The van der Waals surface area contributed by atoms with Gasteiger partial charge in [0.2, 0.25) is 5.88 Å². The van der Waals surface area contributed by atoms with Crippen molar-refractivity contribution in [2.45, 2.75) is 51.2 Å². The first-order valence-electron chi connectivity index (χ1n) is 10.8. The van der Waals surface area contributed by atoms with Gasteiger partial charge in [0, 0.05) is 34.8 Å². The van der Waals surface area contributed by atoms with Gasteiger partial charge in [-0.3, -0.25) is 9.48 Å². The molecule has 0 unspecified atom stereocenters. The van der Waals surface area contributed by atoms with E-state index in [1.165, 1.54) is 7.11 Å². The molecule has 32 heavy (non-hydrogen) atoms. The molecule has 0 atom stereocenters. The van der Waals surface area contributed by atoms with Crippen LogP contribution in [0.15, 0.2) is 36.5 Å². The number of benzene rings is 1. The molecule has 0 radical (unpaired) electrons. The molecule has 1 saturated carbocycles. The van der Waals surface area contributed by atoms with E-state index >= 15 is 0 Å². The number of aliphatic hydroxyl groups is 1. The predicted octanol–water partition coefficient (Wildman–Crippen LogP) is 3.85. The number of ether oxygens (including phenoxy) is 1. The van der Waals surface area contributed by atoms with Crippen molar-refractivity contribution in [1.29, 1.82) is 0 Å². The van der Waals surface area contributed by atoms with Crippen LogP contribution in [0.2, 0.25) is 0 Å². The number of hydrogen-bond donors (Lipinski definition) is 2. The first kappa shape index (κ1) is 22.0. The van der Waals surface area contributed by atoms with Crippen molar-refractivity contribution in [1.82, 2.24) is 14.8 Å². The summed E-state index contributed by atoms with van der Waals surface area (Å²) in [4.78, 5) is 28.1. The lowest BCUT2D eigenvalue weighted by molar-refractivity contribution is -0.112. The summed E-state index contributed by atoms with van der Waals surface area (Å²) >= 11 is 0. The molecule has 3 aromatic rings. The number of amides is 1. The van der Waals surface area contributed by atoms with E-state index in [1.54, 1.807) is 32.0 Å². The third-order valence-corrected chi connectivity index (χ3v) is 6.04. The van der Waals surface area contributed by atoms with Gasteiger partial charge in [-0.2, -0.15) is 5.10 Å². The molecule has 0 bridgehead atoms. The van der Waals surface area contributed by atoms with E-state index in [2.05, 4.69) is 10.3 Å². The number of aldehydes is 1. The van der Waals surface area contributed by atoms with Crippen LogP contribution in [-0.4, -0.2) is 39.2 Å². The van der Waals surface area contributed by atoms with Crippen molar-refractivity contribution in [3.8, 4) is 5.88 Å². The Bertz CT molecular complexity index is 1140. The van der Waals surface area contributed by atoms with E-state index in [0.29, 0.717) is 17.1 Å². The molecular weight excluding hydrogens is 408 g/mol. The van der Waals surface area contributed by atoms with Crippen LogP contribution in [-0.2, 0) is 10.4 Å². The molecule has 168 valence electrons. The molecule has 2 aromatic heterocycles. The lowest BCUT2D eigenvalue weighted by Crippen LogP contribution is -2.21. The Morgan fingerprint density at radius 3 is 2.66 bits per heavy atom. The van der Waals surface area contributed by atoms with E-state index in [4.69, 9.17) is 9.84 Å². The van der Waals surface area contributed by atoms with Gasteiger partial charge in [0.15, 0.2) is 0 Å². The maximum Gasteiger partial charge on any atom is 0.274 e. The Morgan fingerprint density at radius 1 is 1.25 bits per heavy atom. The average Bonchev–Trinajstić information content (AvgIpc) is 3.21. The SMILES string of the molecule is COc1cccc(C(=O)Nc2cc3cn([C@H]4CC[C@H](C=O)CC4)nc3cc2C(C)(C)O)n1. The number of fused-ring (bicyclic) bond motifs is 1. The second kappa shape index (κ2) is 8.70. The van der Waals surface area contributed by atoms with Crippen LogP contribution in [0.1, 0.15) is 61.6 Å². The zero-order valence-electron chi connectivity index (χ0n) is 18.5. The number of carbonyl (C=O) groups excluding carboxylic acids is 2. The molecule has 0 saturated heterocycles.